The van der Waals surface area contributed by atoms with Gasteiger partial charge < -0.3 is 4.74 Å². The first-order valence-corrected chi connectivity index (χ1v) is 8.07. The van der Waals surface area contributed by atoms with Crippen molar-refractivity contribution in [2.45, 2.75) is 13.8 Å². The minimum absolute atomic E-state index is 0.310. The van der Waals surface area contributed by atoms with Crippen LogP contribution in [-0.2, 0) is 4.74 Å². The van der Waals surface area contributed by atoms with Crippen LogP contribution in [0.4, 0.5) is 0 Å². The quantitative estimate of drug-likeness (QED) is 0.648. The van der Waals surface area contributed by atoms with Crippen molar-refractivity contribution in [3.63, 3.8) is 0 Å². The maximum atomic E-state index is 12.5. The summed E-state index contributed by atoms with van der Waals surface area (Å²) >= 11 is 6.00. The maximum absolute atomic E-state index is 12.5. The standard InChI is InChI=1S/C19H17ClN2O2/c1-3-24-19(23)17-13(2)21-18(14-7-5-4-6-8-14)22(17)16-11-9-15(20)10-12-16/h4-12H,3H2,1-2H3. The number of imidazole rings is 1. The summed E-state index contributed by atoms with van der Waals surface area (Å²) in [6.07, 6.45) is 0. The Morgan fingerprint density at radius 3 is 2.42 bits per heavy atom. The van der Waals surface area contributed by atoms with Crippen LogP contribution in [-0.4, -0.2) is 22.1 Å². The summed E-state index contributed by atoms with van der Waals surface area (Å²) in [5.41, 5.74) is 2.79. The number of nitrogens with zero attached hydrogens (tertiary/aromatic N) is 2. The van der Waals surface area contributed by atoms with Crippen LogP contribution in [0.2, 0.25) is 5.02 Å². The molecule has 0 unspecified atom stereocenters. The van der Waals surface area contributed by atoms with Crippen LogP contribution in [0.3, 0.4) is 0 Å². The van der Waals surface area contributed by atoms with Gasteiger partial charge in [-0.05, 0) is 38.1 Å². The predicted octanol–water partition coefficient (Wildman–Crippen LogP) is 4.68. The van der Waals surface area contributed by atoms with Crippen LogP contribution in [0.25, 0.3) is 17.1 Å². The lowest BCUT2D eigenvalue weighted by atomic mass is 10.2. The number of carbonyl (C=O) groups is 1. The van der Waals surface area contributed by atoms with Crippen LogP contribution in [0, 0.1) is 6.92 Å². The predicted molar refractivity (Wildman–Crippen MR) is 94.7 cm³/mol. The fourth-order valence-corrected chi connectivity index (χ4v) is 2.72. The highest BCUT2D eigenvalue weighted by Crippen LogP contribution is 2.27. The zero-order valence-electron chi connectivity index (χ0n) is 13.5. The van der Waals surface area contributed by atoms with Crippen molar-refractivity contribution in [2.24, 2.45) is 0 Å². The normalized spacial score (nSPS) is 10.6. The summed E-state index contributed by atoms with van der Waals surface area (Å²) in [6, 6.07) is 17.0. The van der Waals surface area contributed by atoms with Crippen molar-refractivity contribution in [3.05, 3.63) is 71.0 Å². The molecule has 0 bridgehead atoms. The Bertz CT molecular complexity index is 855. The van der Waals surface area contributed by atoms with E-state index in [2.05, 4.69) is 4.98 Å². The molecule has 2 aromatic carbocycles. The zero-order valence-corrected chi connectivity index (χ0v) is 14.2. The van der Waals surface area contributed by atoms with Crippen molar-refractivity contribution in [1.29, 1.82) is 0 Å². The average molecular weight is 341 g/mol. The Labute approximate surface area is 145 Å². The highest BCUT2D eigenvalue weighted by atomic mass is 35.5. The largest absolute Gasteiger partial charge is 0.461 e. The molecule has 0 aliphatic rings. The molecule has 0 aliphatic heterocycles. The van der Waals surface area contributed by atoms with E-state index in [4.69, 9.17) is 16.3 Å². The number of carbonyl (C=O) groups excluding carboxylic acids is 1. The van der Waals surface area contributed by atoms with Gasteiger partial charge in [0.25, 0.3) is 0 Å². The number of hydrogen-bond acceptors (Lipinski definition) is 3. The van der Waals surface area contributed by atoms with E-state index in [0.29, 0.717) is 28.8 Å². The summed E-state index contributed by atoms with van der Waals surface area (Å²) in [4.78, 5) is 17.1. The first-order chi connectivity index (χ1) is 11.6. The van der Waals surface area contributed by atoms with Gasteiger partial charge in [0, 0.05) is 16.3 Å². The molecular weight excluding hydrogens is 324 g/mol. The minimum atomic E-state index is -0.389. The second-order valence-corrected chi connectivity index (χ2v) is 5.70. The van der Waals surface area contributed by atoms with Gasteiger partial charge in [0.15, 0.2) is 5.69 Å². The number of ether oxygens (including phenoxy) is 1. The van der Waals surface area contributed by atoms with Gasteiger partial charge in [0.2, 0.25) is 0 Å². The number of aromatic nitrogens is 2. The van der Waals surface area contributed by atoms with Gasteiger partial charge in [-0.1, -0.05) is 41.9 Å². The van der Waals surface area contributed by atoms with E-state index in [0.717, 1.165) is 11.3 Å². The summed E-state index contributed by atoms with van der Waals surface area (Å²) in [5, 5.41) is 0.634. The lowest BCUT2D eigenvalue weighted by Crippen LogP contribution is -2.13. The highest BCUT2D eigenvalue weighted by Gasteiger charge is 2.23. The summed E-state index contributed by atoms with van der Waals surface area (Å²) < 4.78 is 7.04. The van der Waals surface area contributed by atoms with Crippen molar-refractivity contribution >= 4 is 17.6 Å². The molecule has 1 aromatic heterocycles. The smallest absolute Gasteiger partial charge is 0.357 e. The number of rotatable bonds is 4. The van der Waals surface area contributed by atoms with Crippen LogP contribution >= 0.6 is 11.6 Å². The molecule has 0 radical (unpaired) electrons. The van der Waals surface area contributed by atoms with E-state index < -0.39 is 0 Å². The molecular formula is C19H17ClN2O2. The second kappa shape index (κ2) is 6.89. The van der Waals surface area contributed by atoms with Gasteiger partial charge in [-0.3, -0.25) is 4.57 Å². The molecule has 3 rings (SSSR count). The molecule has 0 spiro atoms. The summed E-state index contributed by atoms with van der Waals surface area (Å²) in [7, 11) is 0. The number of aryl methyl sites for hydroxylation is 1. The van der Waals surface area contributed by atoms with Crippen LogP contribution in [0.15, 0.2) is 54.6 Å². The van der Waals surface area contributed by atoms with Crippen LogP contribution in [0.5, 0.6) is 0 Å². The van der Waals surface area contributed by atoms with E-state index in [1.807, 2.05) is 54.0 Å². The van der Waals surface area contributed by atoms with E-state index in [1.165, 1.54) is 0 Å². The van der Waals surface area contributed by atoms with Crippen molar-refractivity contribution in [2.75, 3.05) is 6.61 Å². The second-order valence-electron chi connectivity index (χ2n) is 5.27. The molecule has 0 fully saturated rings. The third-order valence-corrected chi connectivity index (χ3v) is 3.89. The van der Waals surface area contributed by atoms with Gasteiger partial charge in [-0.25, -0.2) is 9.78 Å². The molecule has 24 heavy (non-hydrogen) atoms. The van der Waals surface area contributed by atoms with Crippen molar-refractivity contribution in [1.82, 2.24) is 9.55 Å². The topological polar surface area (TPSA) is 44.1 Å². The number of esters is 1. The highest BCUT2D eigenvalue weighted by molar-refractivity contribution is 6.30. The summed E-state index contributed by atoms with van der Waals surface area (Å²) in [5.74, 6) is 0.304. The van der Waals surface area contributed by atoms with Crippen molar-refractivity contribution in [3.8, 4) is 17.1 Å². The Morgan fingerprint density at radius 2 is 1.79 bits per heavy atom. The molecule has 0 saturated heterocycles. The van der Waals surface area contributed by atoms with E-state index in [1.54, 1.807) is 19.1 Å². The molecule has 0 aliphatic carbocycles. The molecule has 1 heterocycles. The van der Waals surface area contributed by atoms with Gasteiger partial charge in [0.1, 0.15) is 5.82 Å². The van der Waals surface area contributed by atoms with Gasteiger partial charge in [-0.15, -0.1) is 0 Å². The van der Waals surface area contributed by atoms with E-state index >= 15 is 0 Å². The Kier molecular flexibility index (Phi) is 4.67. The monoisotopic (exact) mass is 340 g/mol. The molecule has 3 aromatic rings. The molecule has 4 nitrogen and oxygen atoms in total. The molecule has 0 N–H and O–H groups in total. The fraction of sp³-hybridized carbons (Fsp3) is 0.158. The first kappa shape index (κ1) is 16.3. The Hall–Kier alpha value is -2.59. The SMILES string of the molecule is CCOC(=O)c1c(C)nc(-c2ccccc2)n1-c1ccc(Cl)cc1. The Morgan fingerprint density at radius 1 is 1.12 bits per heavy atom. The number of hydrogen-bond donors (Lipinski definition) is 0. The zero-order chi connectivity index (χ0) is 17.1. The minimum Gasteiger partial charge on any atom is -0.461 e. The van der Waals surface area contributed by atoms with Gasteiger partial charge in [-0.2, -0.15) is 0 Å². The molecule has 0 atom stereocenters. The third-order valence-electron chi connectivity index (χ3n) is 3.64. The van der Waals surface area contributed by atoms with Gasteiger partial charge in [0.05, 0.1) is 12.3 Å². The Balaban J connectivity index is 2.25. The van der Waals surface area contributed by atoms with E-state index in [-0.39, 0.29) is 5.97 Å². The fourth-order valence-electron chi connectivity index (χ4n) is 2.59. The molecule has 0 saturated carbocycles. The first-order valence-electron chi connectivity index (χ1n) is 7.69. The van der Waals surface area contributed by atoms with E-state index in [9.17, 15) is 4.79 Å². The van der Waals surface area contributed by atoms with Crippen LogP contribution in [0.1, 0.15) is 23.1 Å². The molecule has 0 amide bonds. The average Bonchev–Trinajstić information content (AvgIpc) is 2.94. The molecule has 122 valence electrons. The van der Waals surface area contributed by atoms with Crippen molar-refractivity contribution < 1.29 is 9.53 Å². The lowest BCUT2D eigenvalue weighted by molar-refractivity contribution is 0.0516. The van der Waals surface area contributed by atoms with Gasteiger partial charge >= 0.3 is 5.97 Å². The molecule has 5 heteroatoms. The number of benzene rings is 2. The van der Waals surface area contributed by atoms with Crippen LogP contribution < -0.4 is 0 Å². The maximum Gasteiger partial charge on any atom is 0.357 e. The third kappa shape index (κ3) is 3.05. The number of halogens is 1. The summed E-state index contributed by atoms with van der Waals surface area (Å²) in [6.45, 7) is 3.91. The lowest BCUT2D eigenvalue weighted by Gasteiger charge is -2.12.